The molecule has 0 radical (unpaired) electrons. The average Bonchev–Trinajstić information content (AvgIpc) is 2.65. The Bertz CT molecular complexity index is 781. The third-order valence-electron chi connectivity index (χ3n) is 3.92. The van der Waals surface area contributed by atoms with Gasteiger partial charge in [-0.25, -0.2) is 0 Å². The first-order valence-electron chi connectivity index (χ1n) is 9.28. The molecule has 0 aliphatic heterocycles. The van der Waals surface area contributed by atoms with Crippen molar-refractivity contribution < 1.29 is 4.79 Å². The summed E-state index contributed by atoms with van der Waals surface area (Å²) < 4.78 is 0. The van der Waals surface area contributed by atoms with Gasteiger partial charge in [0.15, 0.2) is 5.78 Å². The Labute approximate surface area is 172 Å². The van der Waals surface area contributed by atoms with Crippen molar-refractivity contribution in [3.8, 4) is 0 Å². The minimum atomic E-state index is 0.0500. The topological polar surface area (TPSA) is 29.1 Å². The maximum Gasteiger partial charge on any atom is 0.154 e. The maximum absolute atomic E-state index is 11.5. The van der Waals surface area contributed by atoms with E-state index in [1.165, 1.54) is 5.56 Å². The highest BCUT2D eigenvalue weighted by molar-refractivity contribution is 9.08. The van der Waals surface area contributed by atoms with E-state index in [0.717, 1.165) is 46.3 Å². The van der Waals surface area contributed by atoms with Crippen LogP contribution in [0.15, 0.2) is 78.2 Å². The highest BCUT2D eigenvalue weighted by Gasteiger charge is 2.07. The first-order chi connectivity index (χ1) is 12.9. The van der Waals surface area contributed by atoms with Crippen molar-refractivity contribution in [2.24, 2.45) is 0 Å². The fourth-order valence-corrected chi connectivity index (χ4v) is 3.04. The summed E-state index contributed by atoms with van der Waals surface area (Å²) >= 11 is 3.50. The number of halogens is 1. The van der Waals surface area contributed by atoms with Crippen molar-refractivity contribution in [2.45, 2.75) is 45.9 Å². The number of carbonyl (C=O) groups is 1. The van der Waals surface area contributed by atoms with Crippen molar-refractivity contribution in [3.05, 3.63) is 89.3 Å². The Morgan fingerprint density at radius 2 is 2.00 bits per heavy atom. The molecule has 0 spiro atoms. The van der Waals surface area contributed by atoms with E-state index in [2.05, 4.69) is 65.1 Å². The highest BCUT2D eigenvalue weighted by atomic mass is 79.9. The van der Waals surface area contributed by atoms with Gasteiger partial charge in [-0.2, -0.15) is 0 Å². The van der Waals surface area contributed by atoms with Crippen LogP contribution in [-0.4, -0.2) is 5.78 Å². The zero-order valence-electron chi connectivity index (χ0n) is 16.8. The highest BCUT2D eigenvalue weighted by Crippen LogP contribution is 2.22. The summed E-state index contributed by atoms with van der Waals surface area (Å²) in [5.74, 6) is 0.0500. The molecule has 0 unspecified atom stereocenters. The molecule has 144 valence electrons. The predicted octanol–water partition coefficient (Wildman–Crippen LogP) is 6.86. The summed E-state index contributed by atoms with van der Waals surface area (Å²) in [6.07, 6.45) is 11.6. The van der Waals surface area contributed by atoms with Crippen LogP contribution in [0.1, 0.15) is 51.7 Å². The molecule has 0 aliphatic carbocycles. The molecular weight excluding hydrogens is 398 g/mol. The lowest BCUT2D eigenvalue weighted by atomic mass is 10.0. The van der Waals surface area contributed by atoms with Gasteiger partial charge in [0, 0.05) is 22.8 Å². The van der Waals surface area contributed by atoms with E-state index in [1.54, 1.807) is 13.0 Å². The molecule has 2 nitrogen and oxygen atoms in total. The number of hydrogen-bond donors (Lipinski definition) is 1. The zero-order chi connectivity index (χ0) is 20.2. The van der Waals surface area contributed by atoms with Crippen LogP contribution < -0.4 is 5.32 Å². The van der Waals surface area contributed by atoms with E-state index in [1.807, 2.05) is 32.1 Å². The Hall–Kier alpha value is -2.13. The lowest BCUT2D eigenvalue weighted by Crippen LogP contribution is -2.15. The Morgan fingerprint density at radius 3 is 2.56 bits per heavy atom. The number of hydrogen-bond acceptors (Lipinski definition) is 2. The van der Waals surface area contributed by atoms with Crippen LogP contribution >= 0.6 is 15.9 Å². The van der Waals surface area contributed by atoms with Crippen LogP contribution in [0.4, 0.5) is 0 Å². The molecule has 0 saturated heterocycles. The molecule has 0 aliphatic rings. The Balaban J connectivity index is 3.21. The first-order valence-corrected chi connectivity index (χ1v) is 10.4. The molecule has 0 aromatic heterocycles. The van der Waals surface area contributed by atoms with Crippen LogP contribution in [0.3, 0.4) is 0 Å². The van der Waals surface area contributed by atoms with Gasteiger partial charge in [0.05, 0.1) is 0 Å². The first kappa shape index (κ1) is 22.9. The minimum absolute atomic E-state index is 0.0500. The quantitative estimate of drug-likeness (QED) is 0.250. The molecule has 1 N–H and O–H groups in total. The van der Waals surface area contributed by atoms with Gasteiger partial charge in [-0.3, -0.25) is 4.79 Å². The Morgan fingerprint density at radius 1 is 1.26 bits per heavy atom. The molecule has 0 atom stereocenters. The lowest BCUT2D eigenvalue weighted by molar-refractivity contribution is -0.112. The monoisotopic (exact) mass is 427 g/mol. The SMILES string of the molecule is C=C(/C=C(\C=C/C)C(=C/C)/N/C(=C/C(C)=O)CCC)c1cccc(CBr)c1. The molecule has 0 saturated carbocycles. The number of benzene rings is 1. The summed E-state index contributed by atoms with van der Waals surface area (Å²) in [6.45, 7) is 11.9. The maximum atomic E-state index is 11.5. The van der Waals surface area contributed by atoms with Crippen molar-refractivity contribution in [1.82, 2.24) is 5.32 Å². The predicted molar refractivity (Wildman–Crippen MR) is 122 cm³/mol. The normalized spacial score (nSPS) is 13.1. The smallest absolute Gasteiger partial charge is 0.154 e. The van der Waals surface area contributed by atoms with E-state index in [-0.39, 0.29) is 5.78 Å². The molecule has 0 bridgehead atoms. The van der Waals surface area contributed by atoms with E-state index >= 15 is 0 Å². The fourth-order valence-electron chi connectivity index (χ4n) is 2.69. The number of alkyl halides is 1. The van der Waals surface area contributed by atoms with Crippen LogP contribution in [0.5, 0.6) is 0 Å². The standard InChI is InChI=1S/C24H30BrNO/c1-6-10-22(14-18(4)21-13-9-12-20(16-21)17-25)24(8-3)26-23(11-7-2)15-19(5)27/h6,8-10,12-16,26H,4,7,11,17H2,1-3,5H3/b10-6-,22-14+,23-15+,24-8-. The molecule has 27 heavy (non-hydrogen) atoms. The van der Waals surface area contributed by atoms with Gasteiger partial charge in [0.25, 0.3) is 0 Å². The molecule has 0 heterocycles. The molecule has 1 aromatic rings. The van der Waals surface area contributed by atoms with Crippen LogP contribution in [-0.2, 0) is 10.1 Å². The third kappa shape index (κ3) is 7.96. The molecule has 0 amide bonds. The number of allylic oxidation sites excluding steroid dienone is 7. The van der Waals surface area contributed by atoms with Gasteiger partial charge in [-0.1, -0.05) is 78.3 Å². The molecule has 0 fully saturated rings. The third-order valence-corrected chi connectivity index (χ3v) is 4.57. The zero-order valence-corrected chi connectivity index (χ0v) is 18.4. The molecule has 1 aromatic carbocycles. The van der Waals surface area contributed by atoms with E-state index in [9.17, 15) is 4.79 Å². The van der Waals surface area contributed by atoms with Gasteiger partial charge in [0.2, 0.25) is 0 Å². The van der Waals surface area contributed by atoms with Crippen molar-refractivity contribution in [3.63, 3.8) is 0 Å². The van der Waals surface area contributed by atoms with E-state index < -0.39 is 0 Å². The van der Waals surface area contributed by atoms with Gasteiger partial charge < -0.3 is 5.32 Å². The van der Waals surface area contributed by atoms with Crippen molar-refractivity contribution in [1.29, 1.82) is 0 Å². The molecular formula is C24H30BrNO. The number of ketones is 1. The molecule has 1 rings (SSSR count). The summed E-state index contributed by atoms with van der Waals surface area (Å²) in [5, 5.41) is 4.25. The summed E-state index contributed by atoms with van der Waals surface area (Å²) in [7, 11) is 0. The summed E-state index contributed by atoms with van der Waals surface area (Å²) in [4.78, 5) is 11.5. The van der Waals surface area contributed by atoms with Gasteiger partial charge >= 0.3 is 0 Å². The van der Waals surface area contributed by atoms with Gasteiger partial charge in [-0.15, -0.1) is 0 Å². The number of carbonyl (C=O) groups excluding carboxylic acids is 1. The van der Waals surface area contributed by atoms with Gasteiger partial charge in [0.1, 0.15) is 0 Å². The summed E-state index contributed by atoms with van der Waals surface area (Å²) in [6, 6.07) is 8.34. The second-order valence-corrected chi connectivity index (χ2v) is 6.88. The number of nitrogens with one attached hydrogen (secondary N) is 1. The van der Waals surface area contributed by atoms with Crippen LogP contribution in [0, 0.1) is 0 Å². The van der Waals surface area contributed by atoms with Crippen molar-refractivity contribution in [2.75, 3.05) is 0 Å². The van der Waals surface area contributed by atoms with E-state index in [0.29, 0.717) is 0 Å². The van der Waals surface area contributed by atoms with Crippen LogP contribution in [0.25, 0.3) is 5.57 Å². The molecule has 3 heteroatoms. The average molecular weight is 428 g/mol. The van der Waals surface area contributed by atoms with Crippen LogP contribution in [0.2, 0.25) is 0 Å². The van der Waals surface area contributed by atoms with Crippen molar-refractivity contribution >= 4 is 27.3 Å². The lowest BCUT2D eigenvalue weighted by Gasteiger charge is -2.16. The summed E-state index contributed by atoms with van der Waals surface area (Å²) in [5.41, 5.74) is 6.18. The second kappa shape index (κ2) is 12.3. The number of rotatable bonds is 10. The second-order valence-electron chi connectivity index (χ2n) is 6.32. The van der Waals surface area contributed by atoms with E-state index in [4.69, 9.17) is 0 Å². The van der Waals surface area contributed by atoms with Gasteiger partial charge in [-0.05, 0) is 55.5 Å². The largest absolute Gasteiger partial charge is 0.359 e. The minimum Gasteiger partial charge on any atom is -0.359 e. The fraction of sp³-hybridized carbons (Fsp3) is 0.292. The Kier molecular flexibility index (Phi) is 10.4.